The summed E-state index contributed by atoms with van der Waals surface area (Å²) in [5, 5.41) is 0. The van der Waals surface area contributed by atoms with Gasteiger partial charge in [-0.3, -0.25) is 0 Å². The zero-order valence-corrected chi connectivity index (χ0v) is 10.4. The zero-order chi connectivity index (χ0) is 8.98. The summed E-state index contributed by atoms with van der Waals surface area (Å²) in [5.41, 5.74) is 0. The predicted octanol–water partition coefficient (Wildman–Crippen LogP) is 0.483. The van der Waals surface area contributed by atoms with Gasteiger partial charge in [-0.1, -0.05) is 0 Å². The van der Waals surface area contributed by atoms with E-state index in [1.165, 1.54) is 35.5 Å². The molecule has 11 heavy (non-hydrogen) atoms. The van der Waals surface area contributed by atoms with Gasteiger partial charge in [-0.15, -0.1) is 0 Å². The summed E-state index contributed by atoms with van der Waals surface area (Å²) in [6, 6.07) is 0. The molecule has 0 radical (unpaired) electrons. The summed E-state index contributed by atoms with van der Waals surface area (Å²) < 4.78 is 25.2. The van der Waals surface area contributed by atoms with Crippen molar-refractivity contribution < 1.29 is 33.7 Å². The van der Waals surface area contributed by atoms with Crippen LogP contribution in [0.2, 0.25) is 0 Å². The van der Waals surface area contributed by atoms with Gasteiger partial charge in [-0.05, 0) is 0 Å². The van der Waals surface area contributed by atoms with E-state index in [1.54, 1.807) is 0 Å². The zero-order valence-electron chi connectivity index (χ0n) is 7.45. The van der Waals surface area contributed by atoms with Crippen molar-refractivity contribution in [2.24, 2.45) is 0 Å². The Morgan fingerprint density at radius 3 is 0.727 bits per heavy atom. The predicted molar refractivity (Wildman–Crippen MR) is 35.0 cm³/mol. The van der Waals surface area contributed by atoms with Crippen LogP contribution < -0.4 is 0 Å². The van der Waals surface area contributed by atoms with E-state index in [0.717, 1.165) is 0 Å². The first-order valence-electron chi connectivity index (χ1n) is 2.87. The molecule has 0 spiro atoms. The average molecular weight is 339 g/mol. The first kappa shape index (κ1) is 11.5. The Morgan fingerprint density at radius 1 is 0.545 bits per heavy atom. The van der Waals surface area contributed by atoms with Gasteiger partial charge in [0, 0.05) is 0 Å². The Kier molecular flexibility index (Phi) is 4.11. The molecule has 0 fully saturated rings. The van der Waals surface area contributed by atoms with Crippen LogP contribution in [0, 0.1) is 0 Å². The van der Waals surface area contributed by atoms with E-state index in [4.69, 9.17) is 17.0 Å². The summed E-state index contributed by atoms with van der Waals surface area (Å²) >= 11 is -4.55. The van der Waals surface area contributed by atoms with Crippen LogP contribution in [-0.2, 0) is 33.7 Å². The van der Waals surface area contributed by atoms with E-state index < -0.39 is 16.7 Å². The van der Waals surface area contributed by atoms with E-state index >= 15 is 0 Å². The number of rotatable bonds is 5. The average Bonchev–Trinajstić information content (AvgIpc) is 2.12. The first-order valence-corrected chi connectivity index (χ1v) is 8.86. The molecule has 0 atom stereocenters. The quantitative estimate of drug-likeness (QED) is 0.729. The monoisotopic (exact) mass is 339 g/mol. The van der Waals surface area contributed by atoms with E-state index in [9.17, 15) is 0 Å². The van der Waals surface area contributed by atoms with E-state index in [2.05, 4.69) is 0 Å². The van der Waals surface area contributed by atoms with Crippen LogP contribution >= 0.6 is 0 Å². The Hall–Kier alpha value is 0.488. The fourth-order valence-corrected chi connectivity index (χ4v) is 5.57. The van der Waals surface area contributed by atoms with E-state index in [1.807, 2.05) is 0 Å². The van der Waals surface area contributed by atoms with Crippen molar-refractivity contribution in [3.63, 3.8) is 0 Å². The molecule has 0 aromatic heterocycles. The molecule has 0 aliphatic carbocycles. The second kappa shape index (κ2) is 3.94. The van der Waals surface area contributed by atoms with Crippen molar-refractivity contribution >= 4 is 0 Å². The van der Waals surface area contributed by atoms with Crippen molar-refractivity contribution in [3.8, 4) is 0 Å². The van der Waals surface area contributed by atoms with Gasteiger partial charge in [-0.2, -0.15) is 0 Å². The molecule has 0 heterocycles. The van der Waals surface area contributed by atoms with Gasteiger partial charge in [0.25, 0.3) is 0 Å². The molecule has 0 unspecified atom stereocenters. The molecule has 0 aliphatic rings. The summed E-state index contributed by atoms with van der Waals surface area (Å²) in [6.07, 6.45) is 0. The minimum atomic E-state index is -4.55. The van der Waals surface area contributed by atoms with Gasteiger partial charge < -0.3 is 0 Å². The third-order valence-electron chi connectivity index (χ3n) is 1.36. The molecular formula is C5H15O5W. The minimum absolute atomic E-state index is 1.44. The first-order chi connectivity index (χ1) is 5.12. The summed E-state index contributed by atoms with van der Waals surface area (Å²) in [5.74, 6) is 0. The fourth-order valence-electron chi connectivity index (χ4n) is 0.680. The molecule has 0 N–H and O–H groups in total. The van der Waals surface area contributed by atoms with Crippen LogP contribution in [0.5, 0.6) is 0 Å². The van der Waals surface area contributed by atoms with Gasteiger partial charge in [-0.25, -0.2) is 0 Å². The van der Waals surface area contributed by atoms with Gasteiger partial charge in [0.15, 0.2) is 0 Å². The Balaban J connectivity index is 4.67. The van der Waals surface area contributed by atoms with Crippen LogP contribution in [0.1, 0.15) is 0 Å². The Bertz CT molecular complexity index is 87.2. The molecule has 0 aliphatic heterocycles. The molecule has 5 nitrogen and oxygen atoms in total. The van der Waals surface area contributed by atoms with Crippen LogP contribution in [0.25, 0.3) is 0 Å². The SMILES string of the molecule is C[O][W]([O]C)([O]C)([O]C)[O]C. The van der Waals surface area contributed by atoms with E-state index in [-0.39, 0.29) is 0 Å². The maximum atomic E-state index is 5.04. The maximum absolute atomic E-state index is 5.04. The molecule has 0 amide bonds. The van der Waals surface area contributed by atoms with Gasteiger partial charge in [0.2, 0.25) is 0 Å². The molecule has 0 aromatic rings. The molecule has 0 rings (SSSR count). The molecule has 0 saturated heterocycles. The second-order valence-electron chi connectivity index (χ2n) is 1.51. The number of hydrogen-bond donors (Lipinski definition) is 0. The number of hydrogen-bond acceptors (Lipinski definition) is 5. The molecule has 0 bridgehead atoms. The molecule has 0 aromatic carbocycles. The Morgan fingerprint density at radius 2 is 0.727 bits per heavy atom. The summed E-state index contributed by atoms with van der Waals surface area (Å²) in [7, 11) is 7.18. The summed E-state index contributed by atoms with van der Waals surface area (Å²) in [6.45, 7) is 0. The molecular weight excluding hydrogens is 324 g/mol. The molecule has 71 valence electrons. The standard InChI is InChI=1S/5CH3O.W/c5*1-2;/h5*1H3;/q5*-1;+5. The van der Waals surface area contributed by atoms with Crippen molar-refractivity contribution in [2.45, 2.75) is 0 Å². The second-order valence-corrected chi connectivity index (χ2v) is 12.4. The van der Waals surface area contributed by atoms with Gasteiger partial charge in [0.1, 0.15) is 0 Å². The summed E-state index contributed by atoms with van der Waals surface area (Å²) in [4.78, 5) is 0. The van der Waals surface area contributed by atoms with Gasteiger partial charge in [0.05, 0.1) is 0 Å². The van der Waals surface area contributed by atoms with Gasteiger partial charge >= 0.3 is 69.2 Å². The van der Waals surface area contributed by atoms with E-state index in [0.29, 0.717) is 0 Å². The third kappa shape index (κ3) is 1.80. The fraction of sp³-hybridized carbons (Fsp3) is 1.00. The van der Waals surface area contributed by atoms with Crippen molar-refractivity contribution in [2.75, 3.05) is 35.5 Å². The van der Waals surface area contributed by atoms with Crippen LogP contribution in [0.4, 0.5) is 0 Å². The van der Waals surface area contributed by atoms with Crippen molar-refractivity contribution in [1.82, 2.24) is 0 Å². The Labute approximate surface area is 69.6 Å². The van der Waals surface area contributed by atoms with Crippen LogP contribution in [0.15, 0.2) is 0 Å². The third-order valence-corrected chi connectivity index (χ3v) is 11.1. The topological polar surface area (TPSA) is 46.2 Å². The normalized spacial score (nSPS) is 15.9. The van der Waals surface area contributed by atoms with Crippen molar-refractivity contribution in [1.29, 1.82) is 0 Å². The molecule has 0 saturated carbocycles. The van der Waals surface area contributed by atoms with Crippen molar-refractivity contribution in [3.05, 3.63) is 0 Å². The van der Waals surface area contributed by atoms with Crippen LogP contribution in [0.3, 0.4) is 0 Å². The van der Waals surface area contributed by atoms with Crippen LogP contribution in [-0.4, -0.2) is 35.5 Å². The molecule has 6 heteroatoms.